The lowest BCUT2D eigenvalue weighted by atomic mass is 10.4. The Morgan fingerprint density at radius 3 is 2.87 bits per heavy atom. The van der Waals surface area contributed by atoms with Gasteiger partial charge in [0.25, 0.3) is 0 Å². The average Bonchev–Trinajstić information content (AvgIpc) is 2.64. The topological polar surface area (TPSA) is 63.7 Å². The van der Waals surface area contributed by atoms with Crippen molar-refractivity contribution >= 4 is 22.9 Å². The molecule has 0 bridgehead atoms. The van der Waals surface area contributed by atoms with Gasteiger partial charge in [0.2, 0.25) is 5.88 Å². The highest BCUT2D eigenvalue weighted by Gasteiger charge is 2.11. The summed E-state index contributed by atoms with van der Waals surface area (Å²) in [6.07, 6.45) is 3.60. The number of thioether (sulfide) groups is 1. The zero-order chi connectivity index (χ0) is 10.8. The van der Waals surface area contributed by atoms with Crippen molar-refractivity contribution in [2.45, 2.75) is 25.1 Å². The van der Waals surface area contributed by atoms with Crippen LogP contribution in [0.2, 0.25) is 0 Å². The first-order valence-corrected chi connectivity index (χ1v) is 5.85. The maximum absolute atomic E-state index is 5.59. The molecule has 0 saturated carbocycles. The molecular weight excluding hydrogens is 212 g/mol. The molecule has 2 heterocycles. The van der Waals surface area contributed by atoms with Gasteiger partial charge < -0.3 is 9.72 Å². The smallest absolute Gasteiger partial charge is 0.244 e. The van der Waals surface area contributed by atoms with Crippen molar-refractivity contribution in [3.63, 3.8) is 0 Å². The molecule has 0 aliphatic carbocycles. The molecule has 0 aromatic carbocycles. The molecule has 0 aliphatic rings. The number of aromatic amines is 1. The minimum absolute atomic E-state index is 0.0844. The molecule has 0 aliphatic heterocycles. The van der Waals surface area contributed by atoms with Gasteiger partial charge in [-0.05, 0) is 20.1 Å². The van der Waals surface area contributed by atoms with Crippen LogP contribution in [0.15, 0.2) is 11.5 Å². The van der Waals surface area contributed by atoms with Gasteiger partial charge in [0, 0.05) is 0 Å². The van der Waals surface area contributed by atoms with Crippen LogP contribution in [0.5, 0.6) is 5.88 Å². The molecule has 2 aromatic rings. The van der Waals surface area contributed by atoms with Crippen molar-refractivity contribution in [3.05, 3.63) is 6.33 Å². The predicted octanol–water partition coefficient (Wildman–Crippen LogP) is 1.86. The normalized spacial score (nSPS) is 11.2. The van der Waals surface area contributed by atoms with E-state index in [-0.39, 0.29) is 6.10 Å². The average molecular weight is 224 g/mol. The lowest BCUT2D eigenvalue weighted by Crippen LogP contribution is -2.08. The Balaban J connectivity index is 2.53. The Labute approximate surface area is 91.7 Å². The molecular formula is C9H12N4OS. The van der Waals surface area contributed by atoms with Crippen LogP contribution < -0.4 is 4.74 Å². The number of hydrogen-bond acceptors (Lipinski definition) is 5. The molecule has 1 N–H and O–H groups in total. The zero-order valence-electron chi connectivity index (χ0n) is 8.81. The fourth-order valence-electron chi connectivity index (χ4n) is 1.19. The second-order valence-electron chi connectivity index (χ2n) is 3.28. The van der Waals surface area contributed by atoms with E-state index in [1.807, 2.05) is 20.1 Å². The second-order valence-corrected chi connectivity index (χ2v) is 4.06. The maximum Gasteiger partial charge on any atom is 0.244 e. The van der Waals surface area contributed by atoms with Gasteiger partial charge in [-0.25, -0.2) is 9.97 Å². The molecule has 0 fully saturated rings. The van der Waals surface area contributed by atoms with E-state index in [1.54, 1.807) is 6.33 Å². The summed E-state index contributed by atoms with van der Waals surface area (Å²) in [5.74, 6) is 0.567. The number of nitrogens with one attached hydrogen (secondary N) is 1. The van der Waals surface area contributed by atoms with Gasteiger partial charge in [-0.1, -0.05) is 11.8 Å². The van der Waals surface area contributed by atoms with Crippen molar-refractivity contribution in [3.8, 4) is 5.88 Å². The number of ether oxygens (including phenoxy) is 1. The highest BCUT2D eigenvalue weighted by molar-refractivity contribution is 7.98. The van der Waals surface area contributed by atoms with E-state index in [2.05, 4.69) is 19.9 Å². The summed E-state index contributed by atoms with van der Waals surface area (Å²) in [7, 11) is 0. The first kappa shape index (κ1) is 10.2. The lowest BCUT2D eigenvalue weighted by Gasteiger charge is -2.09. The summed E-state index contributed by atoms with van der Waals surface area (Å²) in [6, 6.07) is 0. The van der Waals surface area contributed by atoms with E-state index in [4.69, 9.17) is 4.74 Å². The Morgan fingerprint density at radius 1 is 1.40 bits per heavy atom. The van der Waals surface area contributed by atoms with E-state index in [0.717, 1.165) is 5.52 Å². The number of hydrogen-bond donors (Lipinski definition) is 1. The van der Waals surface area contributed by atoms with Gasteiger partial charge in [-0.3, -0.25) is 0 Å². The van der Waals surface area contributed by atoms with Gasteiger partial charge in [0.1, 0.15) is 5.52 Å². The minimum atomic E-state index is 0.0844. The molecule has 15 heavy (non-hydrogen) atoms. The van der Waals surface area contributed by atoms with Gasteiger partial charge in [-0.15, -0.1) is 0 Å². The third-order valence-electron chi connectivity index (χ3n) is 1.76. The summed E-state index contributed by atoms with van der Waals surface area (Å²) in [5, 5.41) is 0.672. The Kier molecular flexibility index (Phi) is 2.77. The van der Waals surface area contributed by atoms with Crippen molar-refractivity contribution in [2.24, 2.45) is 0 Å². The molecule has 0 spiro atoms. The molecule has 2 aromatic heterocycles. The van der Waals surface area contributed by atoms with Gasteiger partial charge in [-0.2, -0.15) is 4.98 Å². The van der Waals surface area contributed by atoms with Crippen molar-refractivity contribution in [1.29, 1.82) is 0 Å². The van der Waals surface area contributed by atoms with Crippen molar-refractivity contribution in [1.82, 2.24) is 19.9 Å². The standard InChI is InChI=1S/C9H12N4OS/c1-5(2)14-8-6-7(11-4-10-6)12-9(13-8)15-3/h4-5H,1-3H3,(H,10,11,12,13). The molecule has 5 nitrogen and oxygen atoms in total. The van der Waals surface area contributed by atoms with Crippen LogP contribution in [0.25, 0.3) is 11.2 Å². The Morgan fingerprint density at radius 2 is 2.20 bits per heavy atom. The highest BCUT2D eigenvalue weighted by atomic mass is 32.2. The van der Waals surface area contributed by atoms with Gasteiger partial charge in [0.15, 0.2) is 10.8 Å². The summed E-state index contributed by atoms with van der Waals surface area (Å²) in [5.41, 5.74) is 1.39. The zero-order valence-corrected chi connectivity index (χ0v) is 9.63. The van der Waals surface area contributed by atoms with Crippen molar-refractivity contribution in [2.75, 3.05) is 6.26 Å². The number of aromatic nitrogens is 4. The van der Waals surface area contributed by atoms with Crippen LogP contribution in [0, 0.1) is 0 Å². The quantitative estimate of drug-likeness (QED) is 0.637. The SMILES string of the molecule is CSc1nc(OC(C)C)c2[nH]cnc2n1. The number of fused-ring (bicyclic) bond motifs is 1. The van der Waals surface area contributed by atoms with Gasteiger partial charge >= 0.3 is 0 Å². The molecule has 0 atom stereocenters. The van der Waals surface area contributed by atoms with E-state index in [0.29, 0.717) is 16.7 Å². The summed E-state index contributed by atoms with van der Waals surface area (Å²) in [6.45, 7) is 3.92. The largest absolute Gasteiger partial charge is 0.473 e. The van der Waals surface area contributed by atoms with Crippen LogP contribution in [0.3, 0.4) is 0 Å². The molecule has 0 amide bonds. The van der Waals surface area contributed by atoms with Crippen LogP contribution in [0.1, 0.15) is 13.8 Å². The van der Waals surface area contributed by atoms with E-state index in [1.165, 1.54) is 11.8 Å². The number of imidazole rings is 1. The van der Waals surface area contributed by atoms with E-state index >= 15 is 0 Å². The van der Waals surface area contributed by atoms with Crippen LogP contribution >= 0.6 is 11.8 Å². The fraction of sp³-hybridized carbons (Fsp3) is 0.444. The highest BCUT2D eigenvalue weighted by Crippen LogP contribution is 2.23. The van der Waals surface area contributed by atoms with Crippen molar-refractivity contribution < 1.29 is 4.74 Å². The second kappa shape index (κ2) is 4.06. The molecule has 2 rings (SSSR count). The molecule has 0 unspecified atom stereocenters. The molecule has 6 heteroatoms. The monoisotopic (exact) mass is 224 g/mol. The first-order valence-electron chi connectivity index (χ1n) is 4.62. The van der Waals surface area contributed by atoms with Gasteiger partial charge in [0.05, 0.1) is 12.4 Å². The molecule has 80 valence electrons. The number of H-pyrrole nitrogens is 1. The number of rotatable bonds is 3. The lowest BCUT2D eigenvalue weighted by molar-refractivity contribution is 0.233. The summed E-state index contributed by atoms with van der Waals surface area (Å²) < 4.78 is 5.59. The molecule has 0 radical (unpaired) electrons. The molecule has 0 saturated heterocycles. The van der Waals surface area contributed by atoms with Crippen LogP contribution in [-0.4, -0.2) is 32.3 Å². The third-order valence-corrected chi connectivity index (χ3v) is 2.31. The van der Waals surface area contributed by atoms with Crippen LogP contribution in [0.4, 0.5) is 0 Å². The van der Waals surface area contributed by atoms with E-state index in [9.17, 15) is 0 Å². The Hall–Kier alpha value is -1.30. The minimum Gasteiger partial charge on any atom is -0.473 e. The predicted molar refractivity (Wildman–Crippen MR) is 59.2 cm³/mol. The fourth-order valence-corrected chi connectivity index (χ4v) is 1.54. The first-order chi connectivity index (χ1) is 7.20. The Bertz CT molecular complexity index is 468. The number of nitrogens with zero attached hydrogens (tertiary/aromatic N) is 3. The van der Waals surface area contributed by atoms with E-state index < -0.39 is 0 Å². The maximum atomic E-state index is 5.59. The summed E-state index contributed by atoms with van der Waals surface area (Å²) >= 11 is 1.47. The third kappa shape index (κ3) is 2.04. The summed E-state index contributed by atoms with van der Waals surface area (Å²) in [4.78, 5) is 15.6. The van der Waals surface area contributed by atoms with Crippen LogP contribution in [-0.2, 0) is 0 Å².